The van der Waals surface area contributed by atoms with Gasteiger partial charge in [0, 0.05) is 9.75 Å². The number of aryl methyl sites for hydroxylation is 1. The molecule has 1 heterocycles. The highest BCUT2D eigenvalue weighted by molar-refractivity contribution is 7.80. The second kappa shape index (κ2) is 6.40. The molecule has 2 aromatic rings. The van der Waals surface area contributed by atoms with Crippen LogP contribution in [0.15, 0.2) is 41.5 Å². The van der Waals surface area contributed by atoms with Crippen LogP contribution in [0.25, 0.3) is 0 Å². The van der Waals surface area contributed by atoms with Gasteiger partial charge in [0.05, 0.1) is 11.9 Å². The second-order valence-electron chi connectivity index (χ2n) is 3.75. The second-order valence-corrected chi connectivity index (χ2v) is 5.48. The lowest BCUT2D eigenvalue weighted by molar-refractivity contribution is 0.632. The molecule has 0 aliphatic heterocycles. The van der Waals surface area contributed by atoms with Crippen molar-refractivity contribution < 1.29 is 4.39 Å². The van der Waals surface area contributed by atoms with Crippen molar-refractivity contribution in [1.82, 2.24) is 5.43 Å². The molecular formula is C13H12FN3S2. The van der Waals surface area contributed by atoms with Gasteiger partial charge < -0.3 is 5.32 Å². The molecule has 0 radical (unpaired) electrons. The Kier molecular flexibility index (Phi) is 4.59. The summed E-state index contributed by atoms with van der Waals surface area (Å²) >= 11 is 6.65. The van der Waals surface area contributed by atoms with Crippen molar-refractivity contribution in [2.45, 2.75) is 6.92 Å². The average molecular weight is 293 g/mol. The quantitative estimate of drug-likeness (QED) is 0.516. The number of thiocarbonyl (C=S) groups is 1. The van der Waals surface area contributed by atoms with Crippen molar-refractivity contribution in [2.24, 2.45) is 5.10 Å². The van der Waals surface area contributed by atoms with Gasteiger partial charge in [-0.25, -0.2) is 4.39 Å². The summed E-state index contributed by atoms with van der Waals surface area (Å²) in [7, 11) is 0. The first-order chi connectivity index (χ1) is 9.15. The number of para-hydroxylation sites is 1. The molecule has 3 nitrogen and oxygen atoms in total. The molecule has 1 aromatic carbocycles. The Balaban J connectivity index is 1.88. The topological polar surface area (TPSA) is 36.4 Å². The minimum Gasteiger partial charge on any atom is -0.329 e. The maximum absolute atomic E-state index is 13.4. The molecular weight excluding hydrogens is 281 g/mol. The largest absolute Gasteiger partial charge is 0.329 e. The number of hydrogen-bond donors (Lipinski definition) is 2. The molecule has 0 spiro atoms. The Morgan fingerprint density at radius 2 is 2.11 bits per heavy atom. The number of rotatable bonds is 3. The summed E-state index contributed by atoms with van der Waals surface area (Å²) < 4.78 is 13.4. The fourth-order valence-electron chi connectivity index (χ4n) is 1.39. The van der Waals surface area contributed by atoms with Gasteiger partial charge in [0.25, 0.3) is 0 Å². The number of hydrogen-bond acceptors (Lipinski definition) is 3. The van der Waals surface area contributed by atoms with Gasteiger partial charge in [-0.3, -0.25) is 5.43 Å². The standard InChI is InChI=1S/C13H12FN3S2/c1-9-6-7-10(19-9)8-15-17-13(18)16-12-5-3-2-4-11(12)14/h2-8H,1H3,(H2,16,17,18)/b15-8-. The molecule has 0 atom stereocenters. The first-order valence-electron chi connectivity index (χ1n) is 5.56. The van der Waals surface area contributed by atoms with Crippen LogP contribution < -0.4 is 10.7 Å². The van der Waals surface area contributed by atoms with Crippen LogP contribution in [0.2, 0.25) is 0 Å². The summed E-state index contributed by atoms with van der Waals surface area (Å²) in [5.74, 6) is -0.357. The molecule has 0 bridgehead atoms. The fraction of sp³-hybridized carbons (Fsp3) is 0.0769. The Morgan fingerprint density at radius 1 is 1.32 bits per heavy atom. The van der Waals surface area contributed by atoms with E-state index in [1.54, 1.807) is 35.8 Å². The molecule has 0 unspecified atom stereocenters. The number of halogens is 1. The number of hydrazone groups is 1. The molecule has 6 heteroatoms. The molecule has 0 amide bonds. The monoisotopic (exact) mass is 293 g/mol. The third kappa shape index (κ3) is 4.11. The van der Waals surface area contributed by atoms with Crippen LogP contribution in [0, 0.1) is 12.7 Å². The minimum atomic E-state index is -0.357. The highest BCUT2D eigenvalue weighted by Gasteiger charge is 2.01. The number of thiophene rings is 1. The van der Waals surface area contributed by atoms with E-state index in [0.717, 1.165) is 4.88 Å². The highest BCUT2D eigenvalue weighted by atomic mass is 32.1. The van der Waals surface area contributed by atoms with Crippen molar-refractivity contribution in [2.75, 3.05) is 5.32 Å². The van der Waals surface area contributed by atoms with Gasteiger partial charge in [-0.15, -0.1) is 11.3 Å². The summed E-state index contributed by atoms with van der Waals surface area (Å²) in [5.41, 5.74) is 2.97. The summed E-state index contributed by atoms with van der Waals surface area (Å²) in [4.78, 5) is 2.24. The van der Waals surface area contributed by atoms with E-state index in [-0.39, 0.29) is 10.9 Å². The van der Waals surface area contributed by atoms with Crippen LogP contribution in [0.4, 0.5) is 10.1 Å². The molecule has 2 rings (SSSR count). The summed E-state index contributed by atoms with van der Waals surface area (Å²) in [6.45, 7) is 2.03. The van der Waals surface area contributed by atoms with Gasteiger partial charge in [-0.1, -0.05) is 12.1 Å². The summed E-state index contributed by atoms with van der Waals surface area (Å²) in [6, 6.07) is 10.3. The molecule has 0 aliphatic rings. The van der Waals surface area contributed by atoms with Gasteiger partial charge >= 0.3 is 0 Å². The molecule has 0 saturated carbocycles. The van der Waals surface area contributed by atoms with Crippen LogP contribution in [0.5, 0.6) is 0 Å². The Hall–Kier alpha value is -1.79. The zero-order valence-corrected chi connectivity index (χ0v) is 11.8. The van der Waals surface area contributed by atoms with Gasteiger partial charge in [0.2, 0.25) is 0 Å². The zero-order chi connectivity index (χ0) is 13.7. The van der Waals surface area contributed by atoms with Gasteiger partial charge in [0.1, 0.15) is 5.82 Å². The SMILES string of the molecule is Cc1ccc(/C=N\NC(=S)Nc2ccccc2F)s1. The molecule has 19 heavy (non-hydrogen) atoms. The van der Waals surface area contributed by atoms with E-state index in [1.165, 1.54) is 10.9 Å². The first kappa shape index (κ1) is 13.6. The van der Waals surface area contributed by atoms with E-state index < -0.39 is 0 Å². The van der Waals surface area contributed by atoms with E-state index in [0.29, 0.717) is 5.69 Å². The number of nitrogens with one attached hydrogen (secondary N) is 2. The molecule has 0 aliphatic carbocycles. The molecule has 0 saturated heterocycles. The summed E-state index contributed by atoms with van der Waals surface area (Å²) in [6.07, 6.45) is 1.67. The lowest BCUT2D eigenvalue weighted by Gasteiger charge is -2.07. The first-order valence-corrected chi connectivity index (χ1v) is 6.78. The Labute approximate surface area is 120 Å². The lowest BCUT2D eigenvalue weighted by Crippen LogP contribution is -2.24. The fourth-order valence-corrected chi connectivity index (χ4v) is 2.30. The van der Waals surface area contributed by atoms with E-state index in [4.69, 9.17) is 12.2 Å². The van der Waals surface area contributed by atoms with Crippen LogP contribution in [-0.4, -0.2) is 11.3 Å². The van der Waals surface area contributed by atoms with Crippen LogP contribution >= 0.6 is 23.6 Å². The average Bonchev–Trinajstić information content (AvgIpc) is 2.78. The number of nitrogens with zero attached hydrogens (tertiary/aromatic N) is 1. The summed E-state index contributed by atoms with van der Waals surface area (Å²) in [5, 5.41) is 6.97. The van der Waals surface area contributed by atoms with Crippen LogP contribution in [0.1, 0.15) is 9.75 Å². The Bertz CT molecular complexity index is 607. The van der Waals surface area contributed by atoms with E-state index in [1.807, 2.05) is 19.1 Å². The maximum atomic E-state index is 13.4. The predicted molar refractivity (Wildman–Crippen MR) is 82.4 cm³/mol. The predicted octanol–water partition coefficient (Wildman–Crippen LogP) is 3.52. The van der Waals surface area contributed by atoms with Crippen molar-refractivity contribution in [3.05, 3.63) is 52.0 Å². The molecule has 98 valence electrons. The Morgan fingerprint density at radius 3 is 2.79 bits per heavy atom. The van der Waals surface area contributed by atoms with Crippen LogP contribution in [0.3, 0.4) is 0 Å². The lowest BCUT2D eigenvalue weighted by atomic mass is 10.3. The van der Waals surface area contributed by atoms with Crippen molar-refractivity contribution in [1.29, 1.82) is 0 Å². The smallest absolute Gasteiger partial charge is 0.191 e. The molecule has 0 fully saturated rings. The minimum absolute atomic E-state index is 0.245. The number of benzene rings is 1. The van der Waals surface area contributed by atoms with E-state index in [2.05, 4.69) is 15.8 Å². The van der Waals surface area contributed by atoms with Crippen molar-refractivity contribution >= 4 is 40.6 Å². The molecule has 2 N–H and O–H groups in total. The highest BCUT2D eigenvalue weighted by Crippen LogP contribution is 2.13. The molecule has 1 aromatic heterocycles. The zero-order valence-electron chi connectivity index (χ0n) is 10.2. The maximum Gasteiger partial charge on any atom is 0.191 e. The van der Waals surface area contributed by atoms with E-state index in [9.17, 15) is 4.39 Å². The normalized spacial score (nSPS) is 10.6. The van der Waals surface area contributed by atoms with Gasteiger partial charge in [-0.2, -0.15) is 5.10 Å². The third-order valence-electron chi connectivity index (χ3n) is 2.24. The third-order valence-corrected chi connectivity index (χ3v) is 3.37. The van der Waals surface area contributed by atoms with Crippen molar-refractivity contribution in [3.63, 3.8) is 0 Å². The number of anilines is 1. The van der Waals surface area contributed by atoms with Crippen molar-refractivity contribution in [3.8, 4) is 0 Å². The van der Waals surface area contributed by atoms with E-state index >= 15 is 0 Å². The van der Waals surface area contributed by atoms with Gasteiger partial charge in [-0.05, 0) is 43.4 Å². The van der Waals surface area contributed by atoms with Crippen LogP contribution in [-0.2, 0) is 0 Å². The van der Waals surface area contributed by atoms with Gasteiger partial charge in [0.15, 0.2) is 5.11 Å².